The molecule has 24 heavy (non-hydrogen) atoms. The van der Waals surface area contributed by atoms with Gasteiger partial charge < -0.3 is 9.88 Å². The number of benzene rings is 1. The summed E-state index contributed by atoms with van der Waals surface area (Å²) in [6.07, 6.45) is 8.48. The highest BCUT2D eigenvalue weighted by molar-refractivity contribution is 7.16. The van der Waals surface area contributed by atoms with Crippen LogP contribution < -0.4 is 5.32 Å². The van der Waals surface area contributed by atoms with Gasteiger partial charge in [0, 0.05) is 24.8 Å². The summed E-state index contributed by atoms with van der Waals surface area (Å²) in [4.78, 5) is 9.49. The van der Waals surface area contributed by atoms with Gasteiger partial charge in [-0.2, -0.15) is 0 Å². The lowest BCUT2D eigenvalue weighted by molar-refractivity contribution is 0.770. The van der Waals surface area contributed by atoms with Crippen LogP contribution in [-0.4, -0.2) is 21.1 Å². The number of hydrogen-bond acceptors (Lipinski definition) is 4. The van der Waals surface area contributed by atoms with Crippen molar-refractivity contribution in [2.75, 3.05) is 11.9 Å². The summed E-state index contributed by atoms with van der Waals surface area (Å²) in [5, 5.41) is 5.70. The van der Waals surface area contributed by atoms with Gasteiger partial charge in [0.25, 0.3) is 0 Å². The molecule has 0 spiro atoms. The van der Waals surface area contributed by atoms with Crippen molar-refractivity contribution in [2.45, 2.75) is 26.3 Å². The molecule has 0 saturated carbocycles. The molecule has 2 aromatic heterocycles. The Kier molecular flexibility index (Phi) is 4.17. The van der Waals surface area contributed by atoms with Crippen molar-refractivity contribution in [2.24, 2.45) is 0 Å². The maximum atomic E-state index is 4.79. The summed E-state index contributed by atoms with van der Waals surface area (Å²) in [5.74, 6) is 1.01. The highest BCUT2D eigenvalue weighted by Gasteiger charge is 2.13. The van der Waals surface area contributed by atoms with E-state index in [2.05, 4.69) is 47.3 Å². The number of aromatic nitrogens is 3. The second kappa shape index (κ2) is 6.61. The van der Waals surface area contributed by atoms with E-state index in [4.69, 9.17) is 9.97 Å². The molecule has 0 atom stereocenters. The lowest BCUT2D eigenvalue weighted by Gasteiger charge is -2.10. The molecular formula is C19H20N4S. The molecular weight excluding hydrogens is 316 g/mol. The van der Waals surface area contributed by atoms with Gasteiger partial charge in [-0.1, -0.05) is 41.7 Å². The van der Waals surface area contributed by atoms with Crippen LogP contribution in [0.15, 0.2) is 36.5 Å². The second-order valence-corrected chi connectivity index (χ2v) is 6.86. The Morgan fingerprint density at radius 3 is 2.88 bits per heavy atom. The standard InChI is InChI=1S/C19H20N4S/c1-2-23-13-15(21-18(23)14-7-4-3-5-8-14)10-11-17-22-16-9-6-12-20-19(16)24-17/h3-5,7-8,10-11,13,20H,2,6,9,12H2,1H3/b11-10+. The molecule has 0 amide bonds. The number of fused-ring (bicyclic) bond motifs is 1. The lowest BCUT2D eigenvalue weighted by atomic mass is 10.2. The number of rotatable bonds is 4. The first-order valence-corrected chi connectivity index (χ1v) is 9.19. The summed E-state index contributed by atoms with van der Waals surface area (Å²) in [7, 11) is 0. The third kappa shape index (κ3) is 2.99. The topological polar surface area (TPSA) is 42.7 Å². The molecule has 3 heterocycles. The zero-order valence-electron chi connectivity index (χ0n) is 13.7. The van der Waals surface area contributed by atoms with Crippen LogP contribution in [0.5, 0.6) is 0 Å². The smallest absolute Gasteiger partial charge is 0.140 e. The fourth-order valence-electron chi connectivity index (χ4n) is 2.94. The number of aryl methyl sites for hydroxylation is 2. The monoisotopic (exact) mass is 336 g/mol. The first-order valence-electron chi connectivity index (χ1n) is 8.37. The van der Waals surface area contributed by atoms with Crippen molar-refractivity contribution in [3.05, 3.63) is 52.9 Å². The van der Waals surface area contributed by atoms with E-state index in [0.29, 0.717) is 0 Å². The van der Waals surface area contributed by atoms with Gasteiger partial charge >= 0.3 is 0 Å². The van der Waals surface area contributed by atoms with Crippen LogP contribution in [0.4, 0.5) is 5.00 Å². The highest BCUT2D eigenvalue weighted by atomic mass is 32.1. The van der Waals surface area contributed by atoms with E-state index in [0.717, 1.165) is 41.6 Å². The number of imidazole rings is 1. The average molecular weight is 336 g/mol. The van der Waals surface area contributed by atoms with E-state index in [1.807, 2.05) is 18.2 Å². The van der Waals surface area contributed by atoms with Gasteiger partial charge in [-0.25, -0.2) is 9.97 Å². The van der Waals surface area contributed by atoms with Gasteiger partial charge in [0.15, 0.2) is 0 Å². The second-order valence-electron chi connectivity index (χ2n) is 5.83. The Balaban J connectivity index is 1.60. The summed E-state index contributed by atoms with van der Waals surface area (Å²) in [6, 6.07) is 10.3. The fraction of sp³-hybridized carbons (Fsp3) is 0.263. The lowest BCUT2D eigenvalue weighted by Crippen LogP contribution is -2.09. The predicted octanol–water partition coefficient (Wildman–Crippen LogP) is 4.56. The van der Waals surface area contributed by atoms with Crippen molar-refractivity contribution < 1.29 is 0 Å². The molecule has 1 aliphatic rings. The molecule has 1 N–H and O–H groups in total. The van der Waals surface area contributed by atoms with Crippen molar-refractivity contribution >= 4 is 28.5 Å². The van der Waals surface area contributed by atoms with Crippen LogP contribution >= 0.6 is 11.3 Å². The van der Waals surface area contributed by atoms with Crippen molar-refractivity contribution in [1.82, 2.24) is 14.5 Å². The molecule has 122 valence electrons. The Morgan fingerprint density at radius 1 is 1.21 bits per heavy atom. The molecule has 3 aromatic rings. The quantitative estimate of drug-likeness (QED) is 0.760. The average Bonchev–Trinajstić information content (AvgIpc) is 3.24. The third-order valence-electron chi connectivity index (χ3n) is 4.15. The van der Waals surface area contributed by atoms with E-state index < -0.39 is 0 Å². The van der Waals surface area contributed by atoms with Crippen LogP contribution in [0.1, 0.15) is 29.7 Å². The van der Waals surface area contributed by atoms with Crippen molar-refractivity contribution in [3.8, 4) is 11.4 Å². The van der Waals surface area contributed by atoms with Gasteiger partial charge in [-0.05, 0) is 31.9 Å². The normalized spacial score (nSPS) is 13.9. The SMILES string of the molecule is CCn1cc(/C=C/c2nc3c(s2)NCCC3)nc1-c1ccccc1. The van der Waals surface area contributed by atoms with E-state index in [-0.39, 0.29) is 0 Å². The maximum Gasteiger partial charge on any atom is 0.140 e. The predicted molar refractivity (Wildman–Crippen MR) is 101 cm³/mol. The van der Waals surface area contributed by atoms with Crippen LogP contribution in [0.3, 0.4) is 0 Å². The van der Waals surface area contributed by atoms with E-state index >= 15 is 0 Å². The summed E-state index contributed by atoms with van der Waals surface area (Å²) in [5.41, 5.74) is 3.32. The first-order chi connectivity index (χ1) is 11.8. The van der Waals surface area contributed by atoms with Crippen molar-refractivity contribution in [3.63, 3.8) is 0 Å². The minimum Gasteiger partial charge on any atom is -0.375 e. The largest absolute Gasteiger partial charge is 0.375 e. The molecule has 4 nitrogen and oxygen atoms in total. The fourth-order valence-corrected chi connectivity index (χ4v) is 3.88. The molecule has 4 rings (SSSR count). The highest BCUT2D eigenvalue weighted by Crippen LogP contribution is 2.29. The maximum absolute atomic E-state index is 4.79. The van der Waals surface area contributed by atoms with Crippen LogP contribution in [0.2, 0.25) is 0 Å². The summed E-state index contributed by atoms with van der Waals surface area (Å²) >= 11 is 1.72. The van der Waals surface area contributed by atoms with Crippen molar-refractivity contribution in [1.29, 1.82) is 0 Å². The van der Waals surface area contributed by atoms with Gasteiger partial charge in [-0.15, -0.1) is 0 Å². The zero-order valence-corrected chi connectivity index (χ0v) is 14.5. The van der Waals surface area contributed by atoms with Crippen LogP contribution in [-0.2, 0) is 13.0 Å². The third-order valence-corrected chi connectivity index (χ3v) is 5.17. The van der Waals surface area contributed by atoms with E-state index in [1.54, 1.807) is 11.3 Å². The first kappa shape index (κ1) is 15.1. The zero-order chi connectivity index (χ0) is 16.4. The minimum absolute atomic E-state index is 0.903. The molecule has 1 aliphatic heterocycles. The van der Waals surface area contributed by atoms with Gasteiger partial charge in [0.2, 0.25) is 0 Å². The number of nitrogens with one attached hydrogen (secondary N) is 1. The van der Waals surface area contributed by atoms with Gasteiger partial charge in [0.05, 0.1) is 11.4 Å². The summed E-state index contributed by atoms with van der Waals surface area (Å²) in [6.45, 7) is 4.10. The Labute approximate surface area is 145 Å². The molecule has 0 saturated heterocycles. The number of anilines is 1. The van der Waals surface area contributed by atoms with E-state index in [9.17, 15) is 0 Å². The Hall–Kier alpha value is -2.40. The van der Waals surface area contributed by atoms with Crippen LogP contribution in [0, 0.1) is 0 Å². The number of nitrogens with zero attached hydrogens (tertiary/aromatic N) is 3. The van der Waals surface area contributed by atoms with Gasteiger partial charge in [0.1, 0.15) is 15.8 Å². The molecule has 0 fully saturated rings. The van der Waals surface area contributed by atoms with E-state index in [1.165, 1.54) is 17.1 Å². The molecule has 1 aromatic carbocycles. The molecule has 0 bridgehead atoms. The molecule has 0 aliphatic carbocycles. The van der Waals surface area contributed by atoms with Crippen LogP contribution in [0.25, 0.3) is 23.5 Å². The molecule has 5 heteroatoms. The summed E-state index contributed by atoms with van der Waals surface area (Å²) < 4.78 is 2.18. The molecule has 0 radical (unpaired) electrons. The minimum atomic E-state index is 0.903. The Bertz CT molecular complexity index is 837. The number of thiazole rings is 1. The van der Waals surface area contributed by atoms with Gasteiger partial charge in [-0.3, -0.25) is 0 Å². The Morgan fingerprint density at radius 2 is 2.08 bits per heavy atom. The molecule has 0 unspecified atom stereocenters. The number of hydrogen-bond donors (Lipinski definition) is 1.